The highest BCUT2D eigenvalue weighted by atomic mass is 35.5. The van der Waals surface area contributed by atoms with Crippen LogP contribution in [0.1, 0.15) is 24.3 Å². The summed E-state index contributed by atoms with van der Waals surface area (Å²) < 4.78 is 5.99. The first-order valence-electron chi connectivity index (χ1n) is 7.23. The van der Waals surface area contributed by atoms with Crippen LogP contribution in [0.4, 0.5) is 0 Å². The second-order valence-corrected chi connectivity index (χ2v) is 5.51. The van der Waals surface area contributed by atoms with Crippen LogP contribution in [0, 0.1) is 0 Å². The van der Waals surface area contributed by atoms with E-state index in [2.05, 4.69) is 42.6 Å². The van der Waals surface area contributed by atoms with Gasteiger partial charge in [0.05, 0.1) is 11.1 Å². The fraction of sp³-hybridized carbons (Fsp3) is 0.222. The smallest absolute Gasteiger partial charge is 0.152 e. The average molecular weight is 300 g/mol. The Hall–Kier alpha value is -1.77. The van der Waals surface area contributed by atoms with E-state index in [1.54, 1.807) is 0 Å². The van der Waals surface area contributed by atoms with Crippen molar-refractivity contribution in [2.75, 3.05) is 6.54 Å². The van der Waals surface area contributed by atoms with Crippen LogP contribution in [-0.4, -0.2) is 6.54 Å². The minimum atomic E-state index is 0.154. The molecule has 0 aliphatic rings. The lowest BCUT2D eigenvalue weighted by Gasteiger charge is -2.15. The van der Waals surface area contributed by atoms with Crippen molar-refractivity contribution >= 4 is 22.6 Å². The van der Waals surface area contributed by atoms with Gasteiger partial charge in [0.1, 0.15) is 5.76 Å². The molecule has 1 aromatic heterocycles. The Balaban J connectivity index is 1.93. The fourth-order valence-corrected chi connectivity index (χ4v) is 2.81. The highest BCUT2D eigenvalue weighted by Crippen LogP contribution is 2.30. The SMILES string of the molecule is CCNC(Cc1ccccc1)c1cc2cccc(Cl)c2o1. The van der Waals surface area contributed by atoms with Crippen molar-refractivity contribution in [2.24, 2.45) is 0 Å². The molecule has 21 heavy (non-hydrogen) atoms. The van der Waals surface area contributed by atoms with Gasteiger partial charge in [0.15, 0.2) is 5.58 Å². The number of halogens is 1. The molecule has 1 atom stereocenters. The van der Waals surface area contributed by atoms with Crippen LogP contribution in [0.2, 0.25) is 5.02 Å². The molecule has 0 aliphatic heterocycles. The van der Waals surface area contributed by atoms with Crippen molar-refractivity contribution in [3.8, 4) is 0 Å². The molecule has 0 radical (unpaired) electrons. The van der Waals surface area contributed by atoms with Gasteiger partial charge < -0.3 is 9.73 Å². The molecule has 0 saturated heterocycles. The summed E-state index contributed by atoms with van der Waals surface area (Å²) >= 11 is 6.20. The van der Waals surface area contributed by atoms with E-state index in [4.69, 9.17) is 16.0 Å². The molecule has 2 nitrogen and oxygen atoms in total. The number of benzene rings is 2. The minimum Gasteiger partial charge on any atom is -0.458 e. The van der Waals surface area contributed by atoms with Crippen LogP contribution in [0.5, 0.6) is 0 Å². The molecule has 0 saturated carbocycles. The molecule has 1 N–H and O–H groups in total. The highest BCUT2D eigenvalue weighted by Gasteiger charge is 2.17. The Kier molecular flexibility index (Phi) is 4.28. The van der Waals surface area contributed by atoms with E-state index in [1.165, 1.54) is 5.56 Å². The fourth-order valence-electron chi connectivity index (χ4n) is 2.59. The van der Waals surface area contributed by atoms with E-state index in [9.17, 15) is 0 Å². The number of furan rings is 1. The summed E-state index contributed by atoms with van der Waals surface area (Å²) in [5.74, 6) is 0.934. The highest BCUT2D eigenvalue weighted by molar-refractivity contribution is 6.34. The number of para-hydroxylation sites is 1. The number of hydrogen-bond donors (Lipinski definition) is 1. The third kappa shape index (κ3) is 3.12. The molecule has 0 amide bonds. The first-order chi connectivity index (χ1) is 10.3. The number of hydrogen-bond acceptors (Lipinski definition) is 2. The van der Waals surface area contributed by atoms with Crippen LogP contribution in [0.3, 0.4) is 0 Å². The van der Waals surface area contributed by atoms with E-state index in [-0.39, 0.29) is 6.04 Å². The van der Waals surface area contributed by atoms with E-state index in [1.807, 2.05) is 24.3 Å². The molecule has 0 fully saturated rings. The van der Waals surface area contributed by atoms with E-state index >= 15 is 0 Å². The Morgan fingerprint density at radius 3 is 2.62 bits per heavy atom. The topological polar surface area (TPSA) is 25.2 Å². The van der Waals surface area contributed by atoms with Crippen LogP contribution < -0.4 is 5.32 Å². The number of likely N-dealkylation sites (N-methyl/N-ethyl adjacent to an activating group) is 1. The van der Waals surface area contributed by atoms with Gasteiger partial charge in [0, 0.05) is 5.39 Å². The van der Waals surface area contributed by atoms with Gasteiger partial charge in [-0.25, -0.2) is 0 Å². The Bertz CT molecular complexity index is 720. The summed E-state index contributed by atoms with van der Waals surface area (Å²) in [6, 6.07) is 18.5. The quantitative estimate of drug-likeness (QED) is 0.719. The maximum absolute atomic E-state index is 6.20. The largest absolute Gasteiger partial charge is 0.458 e. The number of rotatable bonds is 5. The molecule has 0 aliphatic carbocycles. The Morgan fingerprint density at radius 2 is 1.90 bits per heavy atom. The van der Waals surface area contributed by atoms with Crippen LogP contribution in [-0.2, 0) is 6.42 Å². The lowest BCUT2D eigenvalue weighted by atomic mass is 10.0. The Labute approximate surface area is 129 Å². The first-order valence-corrected chi connectivity index (χ1v) is 7.61. The first kappa shape index (κ1) is 14.2. The standard InChI is InChI=1S/C18H18ClNO/c1-2-20-16(11-13-7-4-3-5-8-13)17-12-14-9-6-10-15(19)18(14)21-17/h3-10,12,16,20H,2,11H2,1H3. The predicted octanol–water partition coefficient (Wildman–Crippen LogP) is 4.98. The summed E-state index contributed by atoms with van der Waals surface area (Å²) in [5.41, 5.74) is 2.06. The summed E-state index contributed by atoms with van der Waals surface area (Å²) in [7, 11) is 0. The average Bonchev–Trinajstić information content (AvgIpc) is 2.93. The van der Waals surface area contributed by atoms with Gasteiger partial charge in [-0.15, -0.1) is 0 Å². The van der Waals surface area contributed by atoms with Gasteiger partial charge in [-0.3, -0.25) is 0 Å². The van der Waals surface area contributed by atoms with Crippen molar-refractivity contribution in [3.05, 3.63) is 70.9 Å². The number of fused-ring (bicyclic) bond motifs is 1. The molecule has 3 heteroatoms. The lowest BCUT2D eigenvalue weighted by molar-refractivity contribution is 0.435. The van der Waals surface area contributed by atoms with E-state index in [0.29, 0.717) is 5.02 Å². The number of nitrogens with one attached hydrogen (secondary N) is 1. The molecular formula is C18H18ClNO. The van der Waals surface area contributed by atoms with Crippen molar-refractivity contribution < 1.29 is 4.42 Å². The maximum Gasteiger partial charge on any atom is 0.152 e. The van der Waals surface area contributed by atoms with Gasteiger partial charge in [0.25, 0.3) is 0 Å². The molecule has 0 bridgehead atoms. The van der Waals surface area contributed by atoms with Crippen molar-refractivity contribution in [1.82, 2.24) is 5.32 Å². The van der Waals surface area contributed by atoms with Gasteiger partial charge >= 0.3 is 0 Å². The summed E-state index contributed by atoms with van der Waals surface area (Å²) in [5, 5.41) is 5.20. The normalized spacial score (nSPS) is 12.7. The molecule has 2 aromatic carbocycles. The molecule has 1 heterocycles. The van der Waals surface area contributed by atoms with Gasteiger partial charge in [-0.2, -0.15) is 0 Å². The van der Waals surface area contributed by atoms with Crippen molar-refractivity contribution in [3.63, 3.8) is 0 Å². The predicted molar refractivity (Wildman–Crippen MR) is 87.8 cm³/mol. The summed E-state index contributed by atoms with van der Waals surface area (Å²) in [4.78, 5) is 0. The summed E-state index contributed by atoms with van der Waals surface area (Å²) in [6.07, 6.45) is 0.895. The van der Waals surface area contributed by atoms with Crippen LogP contribution >= 0.6 is 11.6 Å². The van der Waals surface area contributed by atoms with Crippen molar-refractivity contribution in [1.29, 1.82) is 0 Å². The zero-order valence-corrected chi connectivity index (χ0v) is 12.7. The maximum atomic E-state index is 6.20. The van der Waals surface area contributed by atoms with E-state index < -0.39 is 0 Å². The van der Waals surface area contributed by atoms with Gasteiger partial charge in [0.2, 0.25) is 0 Å². The minimum absolute atomic E-state index is 0.154. The van der Waals surface area contributed by atoms with E-state index in [0.717, 1.165) is 29.7 Å². The monoisotopic (exact) mass is 299 g/mol. The second-order valence-electron chi connectivity index (χ2n) is 5.11. The van der Waals surface area contributed by atoms with Crippen LogP contribution in [0.25, 0.3) is 11.0 Å². The second kappa shape index (κ2) is 6.33. The molecule has 3 rings (SSSR count). The summed E-state index contributed by atoms with van der Waals surface area (Å²) in [6.45, 7) is 3.00. The third-order valence-corrected chi connectivity index (χ3v) is 3.89. The third-order valence-electron chi connectivity index (χ3n) is 3.59. The van der Waals surface area contributed by atoms with Crippen LogP contribution in [0.15, 0.2) is 59.0 Å². The Morgan fingerprint density at radius 1 is 1.10 bits per heavy atom. The van der Waals surface area contributed by atoms with Gasteiger partial charge in [-0.05, 0) is 30.7 Å². The van der Waals surface area contributed by atoms with Gasteiger partial charge in [-0.1, -0.05) is 61.0 Å². The zero-order valence-electron chi connectivity index (χ0n) is 12.0. The molecular weight excluding hydrogens is 282 g/mol. The zero-order chi connectivity index (χ0) is 14.7. The molecule has 1 unspecified atom stereocenters. The molecule has 0 spiro atoms. The lowest BCUT2D eigenvalue weighted by Crippen LogP contribution is -2.22. The molecule has 108 valence electrons. The molecule has 3 aromatic rings. The van der Waals surface area contributed by atoms with Crippen molar-refractivity contribution in [2.45, 2.75) is 19.4 Å².